The lowest BCUT2D eigenvalue weighted by Gasteiger charge is -2.16. The third kappa shape index (κ3) is 3.65. The van der Waals surface area contributed by atoms with Crippen LogP contribution in [0.15, 0.2) is 47.9 Å². The quantitative estimate of drug-likeness (QED) is 0.686. The normalized spacial score (nSPS) is 12.2. The number of rotatable bonds is 7. The van der Waals surface area contributed by atoms with Gasteiger partial charge >= 0.3 is 0 Å². The molecular weight excluding hydrogens is 334 g/mol. The van der Waals surface area contributed by atoms with E-state index in [0.717, 1.165) is 5.69 Å². The highest BCUT2D eigenvalue weighted by atomic mass is 16.5. The molecule has 2 aromatic heterocycles. The van der Waals surface area contributed by atoms with E-state index in [-0.39, 0.29) is 11.5 Å². The Labute approximate surface area is 150 Å². The van der Waals surface area contributed by atoms with E-state index in [1.807, 2.05) is 10.6 Å². The van der Waals surface area contributed by atoms with E-state index < -0.39 is 6.04 Å². The molecule has 1 amide bonds. The number of methoxy groups -OCH3 is 1. The van der Waals surface area contributed by atoms with Gasteiger partial charge in [-0.1, -0.05) is 12.1 Å². The number of carbonyl (C=O) groups excluding carboxylic acids is 1. The van der Waals surface area contributed by atoms with Crippen molar-refractivity contribution in [2.75, 3.05) is 13.7 Å². The van der Waals surface area contributed by atoms with Gasteiger partial charge in [0, 0.05) is 19.9 Å². The number of aromatic nitrogens is 4. The van der Waals surface area contributed by atoms with Crippen LogP contribution in [0.2, 0.25) is 0 Å². The van der Waals surface area contributed by atoms with Gasteiger partial charge in [-0.15, -0.1) is 0 Å². The van der Waals surface area contributed by atoms with Gasteiger partial charge in [0.2, 0.25) is 5.91 Å². The average molecular weight is 355 g/mol. The van der Waals surface area contributed by atoms with Gasteiger partial charge in [0.1, 0.15) is 6.04 Å². The summed E-state index contributed by atoms with van der Waals surface area (Å²) in [6.45, 7) is 3.22. The van der Waals surface area contributed by atoms with Crippen LogP contribution in [0, 0.1) is 0 Å². The molecule has 8 heteroatoms. The van der Waals surface area contributed by atoms with E-state index in [1.54, 1.807) is 44.8 Å². The van der Waals surface area contributed by atoms with E-state index in [2.05, 4.69) is 15.3 Å². The number of amides is 1. The second-order valence-corrected chi connectivity index (χ2v) is 5.94. The van der Waals surface area contributed by atoms with Gasteiger partial charge in [-0.2, -0.15) is 0 Å². The van der Waals surface area contributed by atoms with E-state index in [0.29, 0.717) is 30.6 Å². The Morgan fingerprint density at radius 2 is 2.12 bits per heavy atom. The molecular formula is C18H21N5O3. The van der Waals surface area contributed by atoms with Crippen molar-refractivity contribution in [1.82, 2.24) is 24.4 Å². The molecule has 3 rings (SSSR count). The van der Waals surface area contributed by atoms with Crippen molar-refractivity contribution >= 4 is 16.8 Å². The van der Waals surface area contributed by atoms with Crippen molar-refractivity contribution in [2.45, 2.75) is 26.1 Å². The highest BCUT2D eigenvalue weighted by molar-refractivity contribution is 5.81. The van der Waals surface area contributed by atoms with Gasteiger partial charge in [-0.05, 0) is 19.1 Å². The number of hydrogen-bond acceptors (Lipinski definition) is 5. The first-order chi connectivity index (χ1) is 12.6. The van der Waals surface area contributed by atoms with Gasteiger partial charge in [0.05, 0.1) is 42.4 Å². The fourth-order valence-electron chi connectivity index (χ4n) is 2.70. The number of para-hydroxylation sites is 1. The first kappa shape index (κ1) is 17.8. The Balaban J connectivity index is 1.72. The smallest absolute Gasteiger partial charge is 0.261 e. The molecule has 0 saturated carbocycles. The van der Waals surface area contributed by atoms with Crippen LogP contribution in [0.4, 0.5) is 0 Å². The molecule has 0 unspecified atom stereocenters. The molecule has 0 radical (unpaired) electrons. The lowest BCUT2D eigenvalue weighted by molar-refractivity contribution is -0.124. The van der Waals surface area contributed by atoms with E-state index in [4.69, 9.17) is 4.74 Å². The first-order valence-electron chi connectivity index (χ1n) is 8.33. The summed E-state index contributed by atoms with van der Waals surface area (Å²) in [6, 6.07) is 6.41. The van der Waals surface area contributed by atoms with Crippen molar-refractivity contribution in [3.05, 3.63) is 59.2 Å². The molecule has 0 aliphatic carbocycles. The maximum absolute atomic E-state index is 12.6. The Kier molecular flexibility index (Phi) is 5.43. The Morgan fingerprint density at radius 1 is 1.31 bits per heavy atom. The standard InChI is InChI=1S/C18H21N5O3/c1-13(23-12-21-16-6-4-3-5-15(16)18(23)25)17(24)20-10-14-9-19-11-22(14)7-8-26-2/h3-6,9,11-13H,7-8,10H2,1-2H3,(H,20,24)/t13-/m0/s1. The zero-order valence-corrected chi connectivity index (χ0v) is 14.8. The second-order valence-electron chi connectivity index (χ2n) is 5.94. The van der Waals surface area contributed by atoms with Crippen LogP contribution >= 0.6 is 0 Å². The van der Waals surface area contributed by atoms with Crippen molar-refractivity contribution in [2.24, 2.45) is 0 Å². The second kappa shape index (κ2) is 7.92. The molecule has 0 saturated heterocycles. The van der Waals surface area contributed by atoms with Crippen molar-refractivity contribution in [3.63, 3.8) is 0 Å². The van der Waals surface area contributed by atoms with Crippen molar-refractivity contribution in [3.8, 4) is 0 Å². The minimum absolute atomic E-state index is 0.233. The highest BCUT2D eigenvalue weighted by Crippen LogP contribution is 2.09. The summed E-state index contributed by atoms with van der Waals surface area (Å²) in [5.41, 5.74) is 1.25. The van der Waals surface area contributed by atoms with Crippen molar-refractivity contribution < 1.29 is 9.53 Å². The fourth-order valence-corrected chi connectivity index (χ4v) is 2.70. The Hall–Kier alpha value is -3.00. The van der Waals surface area contributed by atoms with Gasteiger partial charge in [-0.25, -0.2) is 9.97 Å². The third-order valence-corrected chi connectivity index (χ3v) is 4.27. The lowest BCUT2D eigenvalue weighted by Crippen LogP contribution is -2.36. The molecule has 0 aliphatic heterocycles. The molecule has 0 aliphatic rings. The number of ether oxygens (including phenoxy) is 1. The summed E-state index contributed by atoms with van der Waals surface area (Å²) in [5.74, 6) is -0.260. The molecule has 136 valence electrons. The number of benzene rings is 1. The SMILES string of the molecule is COCCn1cncc1CNC(=O)[C@H](C)n1cnc2ccccc2c1=O. The predicted molar refractivity (Wildman–Crippen MR) is 96.7 cm³/mol. The van der Waals surface area contributed by atoms with E-state index >= 15 is 0 Å². The van der Waals surface area contributed by atoms with Crippen LogP contribution in [-0.4, -0.2) is 38.7 Å². The minimum atomic E-state index is -0.671. The predicted octanol–water partition coefficient (Wildman–Crippen LogP) is 1.12. The summed E-state index contributed by atoms with van der Waals surface area (Å²) >= 11 is 0. The van der Waals surface area contributed by atoms with Gasteiger partial charge in [-0.3, -0.25) is 14.2 Å². The fraction of sp³-hybridized carbons (Fsp3) is 0.333. The summed E-state index contributed by atoms with van der Waals surface area (Å²) in [5, 5.41) is 3.34. The Bertz CT molecular complexity index is 963. The van der Waals surface area contributed by atoms with Crippen LogP contribution in [0.1, 0.15) is 18.7 Å². The first-order valence-corrected chi connectivity index (χ1v) is 8.33. The Morgan fingerprint density at radius 3 is 2.92 bits per heavy atom. The average Bonchev–Trinajstić information content (AvgIpc) is 3.11. The van der Waals surface area contributed by atoms with Crippen LogP contribution in [-0.2, 0) is 22.6 Å². The summed E-state index contributed by atoms with van der Waals surface area (Å²) in [6.07, 6.45) is 4.81. The zero-order chi connectivity index (χ0) is 18.5. The molecule has 0 spiro atoms. The highest BCUT2D eigenvalue weighted by Gasteiger charge is 2.17. The molecule has 1 aromatic carbocycles. The largest absolute Gasteiger partial charge is 0.383 e. The van der Waals surface area contributed by atoms with Gasteiger partial charge < -0.3 is 14.6 Å². The zero-order valence-electron chi connectivity index (χ0n) is 14.8. The summed E-state index contributed by atoms with van der Waals surface area (Å²) in [4.78, 5) is 33.4. The molecule has 3 aromatic rings. The third-order valence-electron chi connectivity index (χ3n) is 4.27. The topological polar surface area (TPSA) is 91.0 Å². The van der Waals surface area contributed by atoms with Crippen LogP contribution in [0.25, 0.3) is 10.9 Å². The molecule has 0 fully saturated rings. The van der Waals surface area contributed by atoms with Crippen LogP contribution < -0.4 is 10.9 Å². The number of nitrogens with zero attached hydrogens (tertiary/aromatic N) is 4. The van der Waals surface area contributed by atoms with Crippen molar-refractivity contribution in [1.29, 1.82) is 0 Å². The maximum Gasteiger partial charge on any atom is 0.261 e. The van der Waals surface area contributed by atoms with Gasteiger partial charge in [0.25, 0.3) is 5.56 Å². The molecule has 26 heavy (non-hydrogen) atoms. The number of carbonyl (C=O) groups is 1. The van der Waals surface area contributed by atoms with Crippen LogP contribution in [0.5, 0.6) is 0 Å². The number of imidazole rings is 1. The lowest BCUT2D eigenvalue weighted by atomic mass is 10.2. The monoisotopic (exact) mass is 355 g/mol. The van der Waals surface area contributed by atoms with E-state index in [9.17, 15) is 9.59 Å². The number of hydrogen-bond donors (Lipinski definition) is 1. The van der Waals surface area contributed by atoms with E-state index in [1.165, 1.54) is 10.9 Å². The molecule has 0 bridgehead atoms. The molecule has 8 nitrogen and oxygen atoms in total. The molecule has 1 N–H and O–H groups in total. The summed E-state index contributed by atoms with van der Waals surface area (Å²) in [7, 11) is 1.63. The molecule has 1 atom stereocenters. The summed E-state index contributed by atoms with van der Waals surface area (Å²) < 4.78 is 8.32. The minimum Gasteiger partial charge on any atom is -0.383 e. The number of nitrogens with one attached hydrogen (secondary N) is 1. The molecule has 2 heterocycles. The maximum atomic E-state index is 12.6. The van der Waals surface area contributed by atoms with Gasteiger partial charge in [0.15, 0.2) is 0 Å². The van der Waals surface area contributed by atoms with Crippen LogP contribution in [0.3, 0.4) is 0 Å². The number of fused-ring (bicyclic) bond motifs is 1.